The van der Waals surface area contributed by atoms with Crippen LogP contribution in [0.4, 0.5) is 28.9 Å². The van der Waals surface area contributed by atoms with E-state index < -0.39 is 33.3 Å². The van der Waals surface area contributed by atoms with Gasteiger partial charge in [-0.3, -0.25) is 4.72 Å². The zero-order valence-electron chi connectivity index (χ0n) is 11.9. The molecule has 0 amide bonds. The van der Waals surface area contributed by atoms with Crippen LogP contribution in [0.5, 0.6) is 0 Å². The van der Waals surface area contributed by atoms with Gasteiger partial charge in [-0.25, -0.2) is 26.0 Å². The van der Waals surface area contributed by atoms with E-state index in [9.17, 15) is 26.0 Å². The van der Waals surface area contributed by atoms with Crippen LogP contribution in [0.3, 0.4) is 0 Å². The molecular weight excluding hydrogens is 578 g/mol. The van der Waals surface area contributed by atoms with E-state index >= 15 is 0 Å². The van der Waals surface area contributed by atoms with E-state index in [4.69, 9.17) is 5.73 Å². The predicted octanol–water partition coefficient (Wildman–Crippen LogP) is 4.09. The maximum atomic E-state index is 13.1. The first-order chi connectivity index (χ1) is 10.9. The van der Waals surface area contributed by atoms with E-state index in [0.717, 1.165) is 30.5 Å². The first kappa shape index (κ1) is 21.2. The van der Waals surface area contributed by atoms with Crippen LogP contribution in [0.1, 0.15) is 0 Å². The first-order valence-electron chi connectivity index (χ1n) is 5.93. The van der Waals surface area contributed by atoms with E-state index in [2.05, 4.69) is 0 Å². The summed E-state index contributed by atoms with van der Waals surface area (Å²) in [5.74, 6) is -2.54. The number of sulfonamides is 1. The van der Waals surface area contributed by atoms with Crippen molar-refractivity contribution in [3.8, 4) is 0 Å². The molecule has 2 rings (SSSR count). The molecular formula is C13H10F4I2N2O2S. The van der Waals surface area contributed by atoms with Gasteiger partial charge in [-0.2, -0.15) is 0 Å². The number of anilines is 2. The lowest BCUT2D eigenvalue weighted by molar-refractivity contribution is 0.593. The van der Waals surface area contributed by atoms with Crippen LogP contribution in [-0.2, 0) is 10.0 Å². The monoisotopic (exact) mass is 588 g/mol. The van der Waals surface area contributed by atoms with Crippen LogP contribution in [0.15, 0.2) is 24.3 Å². The Morgan fingerprint density at radius 3 is 1.79 bits per heavy atom. The van der Waals surface area contributed by atoms with Gasteiger partial charge in [-0.15, -0.1) is 0 Å². The van der Waals surface area contributed by atoms with Crippen molar-refractivity contribution in [1.29, 1.82) is 0 Å². The molecule has 11 heteroatoms. The molecule has 0 atom stereocenters. The smallest absolute Gasteiger partial charge is 0.229 e. The Morgan fingerprint density at radius 2 is 1.33 bits per heavy atom. The maximum Gasteiger partial charge on any atom is 0.229 e. The zero-order valence-corrected chi connectivity index (χ0v) is 17.0. The summed E-state index contributed by atoms with van der Waals surface area (Å²) in [5.41, 5.74) is 4.53. The summed E-state index contributed by atoms with van der Waals surface area (Å²) in [6.45, 7) is 0. The molecule has 0 aromatic heterocycles. The van der Waals surface area contributed by atoms with E-state index in [0.29, 0.717) is 0 Å². The highest BCUT2D eigenvalue weighted by atomic mass is 127. The van der Waals surface area contributed by atoms with Gasteiger partial charge in [0.15, 0.2) is 0 Å². The molecule has 0 spiro atoms. The molecule has 132 valence electrons. The molecule has 24 heavy (non-hydrogen) atoms. The third-order valence-corrected chi connectivity index (χ3v) is 4.59. The summed E-state index contributed by atoms with van der Waals surface area (Å²) in [5, 5.41) is 0. The van der Waals surface area contributed by atoms with Gasteiger partial charge < -0.3 is 5.73 Å². The largest absolute Gasteiger partial charge is 0.396 e. The third-order valence-electron chi connectivity index (χ3n) is 2.34. The van der Waals surface area contributed by atoms with Gasteiger partial charge in [-0.1, -0.05) is 0 Å². The van der Waals surface area contributed by atoms with Gasteiger partial charge in [-0.05, 0) is 57.3 Å². The highest BCUT2D eigenvalue weighted by Gasteiger charge is 2.11. The Morgan fingerprint density at radius 1 is 0.875 bits per heavy atom. The fraction of sp³-hybridized carbons (Fsp3) is 0.0769. The summed E-state index contributed by atoms with van der Waals surface area (Å²) in [4.78, 5) is 0. The van der Waals surface area contributed by atoms with Crippen LogP contribution in [0.2, 0.25) is 0 Å². The van der Waals surface area contributed by atoms with Crippen LogP contribution < -0.4 is 10.5 Å². The van der Waals surface area contributed by atoms with Crippen LogP contribution in [-0.4, -0.2) is 14.7 Å². The fourth-order valence-corrected chi connectivity index (χ4v) is 2.75. The average molecular weight is 588 g/mol. The minimum Gasteiger partial charge on any atom is -0.396 e. The molecule has 0 aliphatic rings. The summed E-state index contributed by atoms with van der Waals surface area (Å²) in [7, 11) is -3.59. The Bertz CT molecular complexity index is 813. The van der Waals surface area contributed by atoms with Gasteiger partial charge in [0.05, 0.1) is 24.8 Å². The Labute approximate surface area is 163 Å². The summed E-state index contributed by atoms with van der Waals surface area (Å²) in [6.07, 6.45) is 0.863. The molecule has 4 nitrogen and oxygen atoms in total. The Kier molecular flexibility index (Phi) is 7.52. The number of benzene rings is 2. The molecule has 0 saturated carbocycles. The van der Waals surface area contributed by atoms with Crippen molar-refractivity contribution < 1.29 is 26.0 Å². The molecule has 3 N–H and O–H groups in total. The maximum absolute atomic E-state index is 13.1. The Balaban J connectivity index is 0.000000254. The number of nitrogen functional groups attached to an aromatic ring is 1. The predicted molar refractivity (Wildman–Crippen MR) is 101 cm³/mol. The van der Waals surface area contributed by atoms with Gasteiger partial charge in [0.25, 0.3) is 0 Å². The van der Waals surface area contributed by atoms with E-state index in [1.54, 1.807) is 45.2 Å². The van der Waals surface area contributed by atoms with Crippen molar-refractivity contribution >= 4 is 66.6 Å². The van der Waals surface area contributed by atoms with Crippen LogP contribution >= 0.6 is 45.2 Å². The summed E-state index contributed by atoms with van der Waals surface area (Å²) < 4.78 is 74.7. The van der Waals surface area contributed by atoms with Crippen molar-refractivity contribution in [3.05, 3.63) is 54.7 Å². The molecule has 2 aromatic carbocycles. The molecule has 0 unspecified atom stereocenters. The molecule has 0 aliphatic heterocycles. The SMILES string of the molecule is CS(=O)(=O)Nc1cc(F)c(I)cc1F.Nc1cc(F)c(I)cc1F. The second-order valence-corrected chi connectivity index (χ2v) is 8.48. The van der Waals surface area contributed by atoms with Crippen molar-refractivity contribution in [2.24, 2.45) is 0 Å². The molecule has 0 fully saturated rings. The Hall–Kier alpha value is -0.830. The second kappa shape index (κ2) is 8.51. The zero-order chi connectivity index (χ0) is 18.7. The lowest BCUT2D eigenvalue weighted by atomic mass is 10.3. The minimum atomic E-state index is -3.59. The third kappa shape index (κ3) is 6.58. The van der Waals surface area contributed by atoms with Gasteiger partial charge in [0.2, 0.25) is 10.0 Å². The molecule has 0 radical (unpaired) electrons. The summed E-state index contributed by atoms with van der Waals surface area (Å²) in [6, 6.07) is 3.75. The highest BCUT2D eigenvalue weighted by Crippen LogP contribution is 2.21. The van der Waals surface area contributed by atoms with E-state index in [1.807, 2.05) is 4.72 Å². The fourth-order valence-electron chi connectivity index (χ4n) is 1.34. The number of halogens is 6. The number of hydrogen-bond donors (Lipinski definition) is 2. The highest BCUT2D eigenvalue weighted by molar-refractivity contribution is 14.1. The summed E-state index contributed by atoms with van der Waals surface area (Å²) >= 11 is 3.31. The van der Waals surface area contributed by atoms with Gasteiger partial charge in [0, 0.05) is 12.1 Å². The number of nitrogens with one attached hydrogen (secondary N) is 1. The van der Waals surface area contributed by atoms with Crippen molar-refractivity contribution in [2.45, 2.75) is 0 Å². The van der Waals surface area contributed by atoms with Crippen molar-refractivity contribution in [1.82, 2.24) is 0 Å². The van der Waals surface area contributed by atoms with Crippen molar-refractivity contribution in [3.63, 3.8) is 0 Å². The second-order valence-electron chi connectivity index (χ2n) is 4.41. The number of rotatable bonds is 2. The number of nitrogens with two attached hydrogens (primary N) is 1. The van der Waals surface area contributed by atoms with Gasteiger partial charge >= 0.3 is 0 Å². The van der Waals surface area contributed by atoms with Crippen LogP contribution in [0, 0.1) is 30.4 Å². The number of hydrogen-bond acceptors (Lipinski definition) is 3. The normalized spacial score (nSPS) is 10.8. The molecule has 0 saturated heterocycles. The lowest BCUT2D eigenvalue weighted by Gasteiger charge is -2.05. The van der Waals surface area contributed by atoms with Gasteiger partial charge in [0.1, 0.15) is 23.3 Å². The average Bonchev–Trinajstić information content (AvgIpc) is 2.42. The van der Waals surface area contributed by atoms with E-state index in [-0.39, 0.29) is 18.5 Å². The van der Waals surface area contributed by atoms with E-state index in [1.165, 1.54) is 0 Å². The quantitative estimate of drug-likeness (QED) is 0.241. The van der Waals surface area contributed by atoms with Crippen molar-refractivity contribution in [2.75, 3.05) is 16.7 Å². The minimum absolute atomic E-state index is 0.0964. The topological polar surface area (TPSA) is 72.2 Å². The standard InChI is InChI=1S/C7H6F2INO2S.C6H4F2IN/c1-14(12,13)11-7-3-4(8)6(10)2-5(7)9;7-3-2-6(10)4(8)1-5(3)9/h2-3,11H,1H3;1-2H,10H2. The molecule has 0 heterocycles. The molecule has 0 aliphatic carbocycles. The molecule has 0 bridgehead atoms. The lowest BCUT2D eigenvalue weighted by Crippen LogP contribution is -2.11. The molecule has 2 aromatic rings. The first-order valence-corrected chi connectivity index (χ1v) is 9.98. The van der Waals surface area contributed by atoms with Crippen LogP contribution in [0.25, 0.3) is 0 Å².